The number of nitro benzene ring substituents is 1. The smallest absolute Gasteiger partial charge is 0.280 e. The van der Waals surface area contributed by atoms with Gasteiger partial charge in [-0.05, 0) is 13.1 Å². The van der Waals surface area contributed by atoms with Gasteiger partial charge in [-0.15, -0.1) is 0 Å². The van der Waals surface area contributed by atoms with Crippen molar-refractivity contribution in [3.8, 4) is 11.4 Å². The molecule has 0 bridgehead atoms. The molecule has 26 heavy (non-hydrogen) atoms. The highest BCUT2D eigenvalue weighted by atomic mass is 35.6. The number of halogens is 3. The molecule has 0 N–H and O–H groups in total. The molecule has 1 saturated heterocycles. The SMILES string of the molecule is CN1CCN(c2nc(-c3ccccc3[N+](=O)[O-])nc(C(Cl)(Cl)Cl)n2)CC1. The Morgan fingerprint density at radius 3 is 2.35 bits per heavy atom. The summed E-state index contributed by atoms with van der Waals surface area (Å²) in [6, 6.07) is 6.17. The number of anilines is 1. The summed E-state index contributed by atoms with van der Waals surface area (Å²) in [4.78, 5) is 27.8. The molecule has 2 heterocycles. The monoisotopic (exact) mass is 416 g/mol. The van der Waals surface area contributed by atoms with Crippen LogP contribution in [0.25, 0.3) is 11.4 Å². The number of piperazine rings is 1. The van der Waals surface area contributed by atoms with Crippen LogP contribution in [-0.2, 0) is 3.79 Å². The lowest BCUT2D eigenvalue weighted by molar-refractivity contribution is -0.384. The Bertz CT molecular complexity index is 821. The van der Waals surface area contributed by atoms with E-state index in [1.54, 1.807) is 18.2 Å². The molecule has 1 aromatic carbocycles. The molecule has 2 aromatic rings. The average Bonchev–Trinajstić information content (AvgIpc) is 2.61. The van der Waals surface area contributed by atoms with E-state index in [0.717, 1.165) is 13.1 Å². The van der Waals surface area contributed by atoms with Crippen LogP contribution < -0.4 is 4.90 Å². The Morgan fingerprint density at radius 2 is 1.73 bits per heavy atom. The van der Waals surface area contributed by atoms with Crippen LogP contribution in [0.3, 0.4) is 0 Å². The van der Waals surface area contributed by atoms with Crippen LogP contribution in [0.2, 0.25) is 0 Å². The van der Waals surface area contributed by atoms with E-state index in [2.05, 4.69) is 19.9 Å². The lowest BCUT2D eigenvalue weighted by Gasteiger charge is -2.32. The summed E-state index contributed by atoms with van der Waals surface area (Å²) in [7, 11) is 2.02. The maximum atomic E-state index is 11.3. The molecule has 0 saturated carbocycles. The zero-order valence-corrected chi connectivity index (χ0v) is 16.0. The van der Waals surface area contributed by atoms with Gasteiger partial charge in [0.05, 0.1) is 10.5 Å². The fourth-order valence-electron chi connectivity index (χ4n) is 2.58. The minimum Gasteiger partial charge on any atom is -0.338 e. The molecule has 0 unspecified atom stereocenters. The van der Waals surface area contributed by atoms with Crippen molar-refractivity contribution < 1.29 is 4.92 Å². The second-order valence-electron chi connectivity index (χ2n) is 5.84. The predicted molar refractivity (Wildman–Crippen MR) is 101 cm³/mol. The van der Waals surface area contributed by atoms with Gasteiger partial charge in [0, 0.05) is 32.2 Å². The van der Waals surface area contributed by atoms with Crippen molar-refractivity contribution in [3.63, 3.8) is 0 Å². The summed E-state index contributed by atoms with van der Waals surface area (Å²) in [5.41, 5.74) is 0.115. The van der Waals surface area contributed by atoms with E-state index in [4.69, 9.17) is 34.8 Å². The number of likely N-dealkylation sites (N-methyl/N-ethyl adjacent to an activating group) is 1. The van der Waals surface area contributed by atoms with Gasteiger partial charge in [0.25, 0.3) is 5.69 Å². The minimum absolute atomic E-state index is 0.0698. The van der Waals surface area contributed by atoms with Crippen molar-refractivity contribution in [2.45, 2.75) is 3.79 Å². The highest BCUT2D eigenvalue weighted by Gasteiger charge is 2.31. The standard InChI is InChI=1S/C15H15Cl3N6O2/c1-22-6-8-23(9-7-22)14-20-12(19-13(21-14)15(16,17)18)10-4-2-3-5-11(10)24(25)26/h2-5H,6-9H2,1H3. The fourth-order valence-corrected chi connectivity index (χ4v) is 2.84. The summed E-state index contributed by atoms with van der Waals surface area (Å²) < 4.78 is -1.87. The Kier molecular flexibility index (Phi) is 5.47. The molecule has 1 aliphatic heterocycles. The van der Waals surface area contributed by atoms with Crippen molar-refractivity contribution in [3.05, 3.63) is 40.2 Å². The Morgan fingerprint density at radius 1 is 1.08 bits per heavy atom. The predicted octanol–water partition coefficient (Wildman–Crippen LogP) is 3.03. The van der Waals surface area contributed by atoms with Gasteiger partial charge < -0.3 is 9.80 Å². The van der Waals surface area contributed by atoms with Gasteiger partial charge in [0.15, 0.2) is 11.6 Å². The first kappa shape index (κ1) is 19.0. The number of aromatic nitrogens is 3. The molecule has 8 nitrogen and oxygen atoms in total. The van der Waals surface area contributed by atoms with Gasteiger partial charge in [0.2, 0.25) is 9.74 Å². The molecular weight excluding hydrogens is 403 g/mol. The summed E-state index contributed by atoms with van der Waals surface area (Å²) >= 11 is 17.9. The molecule has 0 atom stereocenters. The Hall–Kier alpha value is -1.74. The maximum Gasteiger partial charge on any atom is 0.280 e. The van der Waals surface area contributed by atoms with E-state index in [0.29, 0.717) is 19.0 Å². The largest absolute Gasteiger partial charge is 0.338 e. The van der Waals surface area contributed by atoms with E-state index in [9.17, 15) is 10.1 Å². The second kappa shape index (κ2) is 7.48. The normalized spacial score (nSPS) is 15.9. The third kappa shape index (κ3) is 4.15. The Labute approximate surface area is 164 Å². The van der Waals surface area contributed by atoms with E-state index >= 15 is 0 Å². The number of nitro groups is 1. The quantitative estimate of drug-likeness (QED) is 0.431. The van der Waals surface area contributed by atoms with Crippen molar-refractivity contribution in [2.75, 3.05) is 38.1 Å². The van der Waals surface area contributed by atoms with Gasteiger partial charge in [-0.3, -0.25) is 10.1 Å². The first-order chi connectivity index (χ1) is 12.3. The molecule has 1 aliphatic rings. The van der Waals surface area contributed by atoms with Crippen LogP contribution in [0.4, 0.5) is 11.6 Å². The Balaban J connectivity index is 2.11. The van der Waals surface area contributed by atoms with Gasteiger partial charge in [-0.1, -0.05) is 46.9 Å². The van der Waals surface area contributed by atoms with Crippen LogP contribution in [0.5, 0.6) is 0 Å². The minimum atomic E-state index is -1.87. The second-order valence-corrected chi connectivity index (χ2v) is 8.13. The molecule has 0 aliphatic carbocycles. The van der Waals surface area contributed by atoms with Crippen LogP contribution in [0.1, 0.15) is 5.82 Å². The number of alkyl halides is 3. The van der Waals surface area contributed by atoms with Gasteiger partial charge >= 0.3 is 0 Å². The van der Waals surface area contributed by atoms with Gasteiger partial charge in [-0.25, -0.2) is 4.98 Å². The molecule has 1 fully saturated rings. The zero-order valence-electron chi connectivity index (χ0n) is 13.8. The molecule has 0 spiro atoms. The van der Waals surface area contributed by atoms with Gasteiger partial charge in [-0.2, -0.15) is 9.97 Å². The van der Waals surface area contributed by atoms with Crippen molar-refractivity contribution in [2.24, 2.45) is 0 Å². The summed E-state index contributed by atoms with van der Waals surface area (Å²) in [6.07, 6.45) is 0. The highest BCUT2D eigenvalue weighted by molar-refractivity contribution is 6.66. The van der Waals surface area contributed by atoms with Crippen molar-refractivity contribution in [1.82, 2.24) is 19.9 Å². The highest BCUT2D eigenvalue weighted by Crippen LogP contribution is 2.38. The van der Waals surface area contributed by atoms with E-state index in [1.165, 1.54) is 6.07 Å². The van der Waals surface area contributed by atoms with Crippen molar-refractivity contribution >= 4 is 46.4 Å². The van der Waals surface area contributed by atoms with Crippen LogP contribution in [0.15, 0.2) is 24.3 Å². The fraction of sp³-hybridized carbons (Fsp3) is 0.400. The summed E-state index contributed by atoms with van der Waals surface area (Å²) in [5.74, 6) is 0.365. The van der Waals surface area contributed by atoms with Crippen LogP contribution in [-0.4, -0.2) is 58.0 Å². The first-order valence-corrected chi connectivity index (χ1v) is 8.89. The third-order valence-electron chi connectivity index (χ3n) is 4.00. The van der Waals surface area contributed by atoms with Crippen LogP contribution >= 0.6 is 34.8 Å². The third-order valence-corrected chi connectivity index (χ3v) is 4.51. The molecule has 1 aromatic heterocycles. The molecular formula is C15H15Cl3N6O2. The van der Waals surface area contributed by atoms with E-state index in [-0.39, 0.29) is 22.9 Å². The number of para-hydroxylation sites is 1. The zero-order chi connectivity index (χ0) is 18.9. The van der Waals surface area contributed by atoms with Crippen LogP contribution in [0, 0.1) is 10.1 Å². The van der Waals surface area contributed by atoms with E-state index in [1.807, 2.05) is 11.9 Å². The molecule has 138 valence electrons. The number of benzene rings is 1. The first-order valence-electron chi connectivity index (χ1n) is 7.76. The number of rotatable bonds is 3. The maximum absolute atomic E-state index is 11.3. The molecule has 0 amide bonds. The molecule has 11 heteroatoms. The van der Waals surface area contributed by atoms with E-state index < -0.39 is 8.72 Å². The van der Waals surface area contributed by atoms with Crippen molar-refractivity contribution in [1.29, 1.82) is 0 Å². The number of hydrogen-bond acceptors (Lipinski definition) is 7. The molecule has 3 rings (SSSR count). The molecule has 0 radical (unpaired) electrons. The lowest BCUT2D eigenvalue weighted by Crippen LogP contribution is -2.45. The number of nitrogens with zero attached hydrogens (tertiary/aromatic N) is 6. The number of hydrogen-bond donors (Lipinski definition) is 0. The summed E-state index contributed by atoms with van der Waals surface area (Å²) in [5, 5.41) is 11.3. The summed E-state index contributed by atoms with van der Waals surface area (Å²) in [6.45, 7) is 3.04. The van der Waals surface area contributed by atoms with Gasteiger partial charge in [0.1, 0.15) is 0 Å². The topological polar surface area (TPSA) is 88.3 Å². The lowest BCUT2D eigenvalue weighted by atomic mass is 10.1. The average molecular weight is 418 g/mol.